The highest BCUT2D eigenvalue weighted by Crippen LogP contribution is 2.40. The van der Waals surface area contributed by atoms with Crippen LogP contribution in [0.2, 0.25) is 0 Å². The Morgan fingerprint density at radius 2 is 1.82 bits per heavy atom. The summed E-state index contributed by atoms with van der Waals surface area (Å²) in [5.41, 5.74) is 16.1. The van der Waals surface area contributed by atoms with E-state index in [-0.39, 0.29) is 22.7 Å². The largest absolute Gasteiger partial charge is 0.368 e. The lowest BCUT2D eigenvalue weighted by Gasteiger charge is -2.21. The Labute approximate surface area is 236 Å². The van der Waals surface area contributed by atoms with Gasteiger partial charge < -0.3 is 26.3 Å². The van der Waals surface area contributed by atoms with Gasteiger partial charge in [-0.3, -0.25) is 14.4 Å². The molecular formula is C30H32N6O3S. The number of nitrogens with zero attached hydrogens (tertiary/aromatic N) is 3. The van der Waals surface area contributed by atoms with E-state index in [9.17, 15) is 14.4 Å². The molecule has 0 saturated heterocycles. The second-order valence-electron chi connectivity index (χ2n) is 11.1. The zero-order chi connectivity index (χ0) is 28.9. The Kier molecular flexibility index (Phi) is 6.85. The molecule has 2 aromatic carbocycles. The number of hydrogen-bond acceptors (Lipinski definition) is 7. The third-order valence-electron chi connectivity index (χ3n) is 7.10. The van der Waals surface area contributed by atoms with E-state index in [0.29, 0.717) is 23.5 Å². The summed E-state index contributed by atoms with van der Waals surface area (Å²) in [5.74, 6) is -0.473. The van der Waals surface area contributed by atoms with Gasteiger partial charge in [0.1, 0.15) is 6.04 Å². The lowest BCUT2D eigenvalue weighted by molar-refractivity contribution is -0.119. The van der Waals surface area contributed by atoms with Crippen molar-refractivity contribution in [3.63, 3.8) is 0 Å². The van der Waals surface area contributed by atoms with Crippen molar-refractivity contribution in [2.24, 2.45) is 18.5 Å². The van der Waals surface area contributed by atoms with Crippen LogP contribution in [0.5, 0.6) is 0 Å². The van der Waals surface area contributed by atoms with E-state index in [1.165, 1.54) is 9.44 Å². The first-order valence-corrected chi connectivity index (χ1v) is 13.7. The third kappa shape index (κ3) is 4.91. The maximum Gasteiger partial charge on any atom is 0.293 e. The minimum Gasteiger partial charge on any atom is -0.368 e. The molecule has 0 spiro atoms. The SMILES string of the molecule is Cc1c(-c2cn(C)c(=O)c(Nc3ccc(C(N)C(N)=O)cc3)n2)cccc1N1Cc2cc(C(C)(C)C)sc2C1=O. The molecule has 206 valence electrons. The van der Waals surface area contributed by atoms with E-state index in [2.05, 4.69) is 37.1 Å². The molecule has 3 heterocycles. The minimum atomic E-state index is -0.910. The molecule has 0 saturated carbocycles. The van der Waals surface area contributed by atoms with E-state index in [0.717, 1.165) is 27.3 Å². The highest BCUT2D eigenvalue weighted by atomic mass is 32.1. The smallest absolute Gasteiger partial charge is 0.293 e. The predicted molar refractivity (Wildman–Crippen MR) is 159 cm³/mol. The third-order valence-corrected chi connectivity index (χ3v) is 8.69. The molecule has 1 aliphatic rings. The number of amides is 2. The average Bonchev–Trinajstić information content (AvgIpc) is 3.46. The summed E-state index contributed by atoms with van der Waals surface area (Å²) >= 11 is 1.57. The molecule has 5 rings (SSSR count). The zero-order valence-corrected chi connectivity index (χ0v) is 23.9. The standard InChI is InChI=1S/C30H32N6O3S/c1-16-20(7-6-8-22(16)36-14-18-13-23(30(2,3)4)40-25(18)28(36)38)21-15-35(5)29(39)27(34-21)33-19-11-9-17(10-12-19)24(31)26(32)37/h6-13,15,24H,14,31H2,1-5H3,(H2,32,37)(H,33,34). The number of carbonyl (C=O) groups is 2. The summed E-state index contributed by atoms with van der Waals surface area (Å²) in [6.45, 7) is 8.95. The van der Waals surface area contributed by atoms with Crippen molar-refractivity contribution in [3.05, 3.63) is 91.5 Å². The molecule has 5 N–H and O–H groups in total. The first-order chi connectivity index (χ1) is 18.8. The minimum absolute atomic E-state index is 0.00495. The highest BCUT2D eigenvalue weighted by Gasteiger charge is 2.34. The second kappa shape index (κ2) is 10.0. The number of aryl methyl sites for hydroxylation is 1. The van der Waals surface area contributed by atoms with Crippen LogP contribution in [0, 0.1) is 6.92 Å². The van der Waals surface area contributed by atoms with Gasteiger partial charge in [0.2, 0.25) is 5.91 Å². The van der Waals surface area contributed by atoms with Crippen LogP contribution >= 0.6 is 11.3 Å². The topological polar surface area (TPSA) is 136 Å². The van der Waals surface area contributed by atoms with Crippen molar-refractivity contribution < 1.29 is 9.59 Å². The molecule has 9 nitrogen and oxygen atoms in total. The number of carbonyl (C=O) groups excluding carboxylic acids is 2. The van der Waals surface area contributed by atoms with Crippen molar-refractivity contribution in [2.45, 2.75) is 45.7 Å². The number of anilines is 3. The molecule has 40 heavy (non-hydrogen) atoms. The summed E-state index contributed by atoms with van der Waals surface area (Å²) in [6, 6.07) is 13.8. The van der Waals surface area contributed by atoms with Gasteiger partial charge in [0, 0.05) is 35.1 Å². The maximum atomic E-state index is 13.4. The summed E-state index contributed by atoms with van der Waals surface area (Å²) in [4.78, 5) is 46.2. The van der Waals surface area contributed by atoms with Gasteiger partial charge in [-0.15, -0.1) is 11.3 Å². The number of benzene rings is 2. The zero-order valence-electron chi connectivity index (χ0n) is 23.1. The van der Waals surface area contributed by atoms with E-state index in [4.69, 9.17) is 11.5 Å². The fourth-order valence-corrected chi connectivity index (χ4v) is 5.92. The number of fused-ring (bicyclic) bond motifs is 1. The Morgan fingerprint density at radius 1 is 1.12 bits per heavy atom. The first-order valence-electron chi connectivity index (χ1n) is 12.9. The maximum absolute atomic E-state index is 13.4. The van der Waals surface area contributed by atoms with Crippen LogP contribution in [0.4, 0.5) is 17.2 Å². The Hall–Kier alpha value is -4.28. The lowest BCUT2D eigenvalue weighted by atomic mass is 9.94. The summed E-state index contributed by atoms with van der Waals surface area (Å²) < 4.78 is 1.47. The molecule has 0 bridgehead atoms. The van der Waals surface area contributed by atoms with Gasteiger partial charge in [0.15, 0.2) is 5.82 Å². The van der Waals surface area contributed by atoms with Gasteiger partial charge in [-0.25, -0.2) is 4.98 Å². The fourth-order valence-electron chi connectivity index (χ4n) is 4.74. The molecule has 1 aliphatic heterocycles. The molecule has 2 amide bonds. The Morgan fingerprint density at radius 3 is 2.45 bits per heavy atom. The van der Waals surface area contributed by atoms with Crippen LogP contribution in [-0.4, -0.2) is 21.4 Å². The number of nitrogens with one attached hydrogen (secondary N) is 1. The van der Waals surface area contributed by atoms with Gasteiger partial charge in [0.25, 0.3) is 11.5 Å². The first kappa shape index (κ1) is 27.3. The molecule has 2 aromatic heterocycles. The number of rotatable bonds is 6. The van der Waals surface area contributed by atoms with Crippen molar-refractivity contribution in [1.82, 2.24) is 9.55 Å². The van der Waals surface area contributed by atoms with Gasteiger partial charge in [0.05, 0.1) is 17.1 Å². The van der Waals surface area contributed by atoms with Crippen LogP contribution in [-0.2, 0) is 23.8 Å². The molecule has 4 aromatic rings. The van der Waals surface area contributed by atoms with Crippen LogP contribution in [0.15, 0.2) is 59.5 Å². The fraction of sp³-hybridized carbons (Fsp3) is 0.267. The van der Waals surface area contributed by atoms with E-state index < -0.39 is 11.9 Å². The monoisotopic (exact) mass is 556 g/mol. The molecule has 0 radical (unpaired) electrons. The van der Waals surface area contributed by atoms with Crippen molar-refractivity contribution in [1.29, 1.82) is 0 Å². The molecule has 1 atom stereocenters. The van der Waals surface area contributed by atoms with Gasteiger partial charge in [-0.05, 0) is 53.3 Å². The molecule has 1 unspecified atom stereocenters. The van der Waals surface area contributed by atoms with Crippen LogP contribution < -0.4 is 27.2 Å². The number of primary amides is 1. The van der Waals surface area contributed by atoms with E-state index in [1.807, 2.05) is 30.0 Å². The van der Waals surface area contributed by atoms with Gasteiger partial charge >= 0.3 is 0 Å². The highest BCUT2D eigenvalue weighted by molar-refractivity contribution is 7.14. The predicted octanol–water partition coefficient (Wildman–Crippen LogP) is 4.50. The summed E-state index contributed by atoms with van der Waals surface area (Å²) in [5, 5.41) is 3.08. The number of hydrogen-bond donors (Lipinski definition) is 3. The van der Waals surface area contributed by atoms with Crippen LogP contribution in [0.1, 0.15) is 58.1 Å². The number of nitrogens with two attached hydrogens (primary N) is 2. The quantitative estimate of drug-likeness (QED) is 0.320. The Bertz CT molecular complexity index is 1700. The molecule has 10 heteroatoms. The van der Waals surface area contributed by atoms with E-state index >= 15 is 0 Å². The number of aromatic nitrogens is 2. The summed E-state index contributed by atoms with van der Waals surface area (Å²) in [7, 11) is 1.67. The lowest BCUT2D eigenvalue weighted by Crippen LogP contribution is -2.28. The Balaban J connectivity index is 1.45. The van der Waals surface area contributed by atoms with Gasteiger partial charge in [-0.1, -0.05) is 45.0 Å². The molecule has 0 fully saturated rings. The second-order valence-corrected chi connectivity index (χ2v) is 12.1. The normalized spacial score (nSPS) is 13.8. The molecule has 0 aliphatic carbocycles. The number of thiophene rings is 1. The summed E-state index contributed by atoms with van der Waals surface area (Å²) in [6.07, 6.45) is 1.69. The van der Waals surface area contributed by atoms with Crippen molar-refractivity contribution >= 4 is 40.3 Å². The van der Waals surface area contributed by atoms with Crippen molar-refractivity contribution in [2.75, 3.05) is 10.2 Å². The van der Waals surface area contributed by atoms with Crippen LogP contribution in [0.3, 0.4) is 0 Å². The van der Waals surface area contributed by atoms with Crippen molar-refractivity contribution in [3.8, 4) is 11.3 Å². The average molecular weight is 557 g/mol. The van der Waals surface area contributed by atoms with E-state index in [1.54, 1.807) is 48.8 Å². The van der Waals surface area contributed by atoms with Crippen LogP contribution in [0.25, 0.3) is 11.3 Å². The molecular weight excluding hydrogens is 524 g/mol. The van der Waals surface area contributed by atoms with Gasteiger partial charge in [-0.2, -0.15) is 0 Å².